The first-order valence-corrected chi connectivity index (χ1v) is 4.92. The Balaban J connectivity index is 2.88. The molecule has 18 heavy (non-hydrogen) atoms. The summed E-state index contributed by atoms with van der Waals surface area (Å²) in [5.41, 5.74) is 8.29. The number of aldehydes is 1. The van der Waals surface area contributed by atoms with Crippen molar-refractivity contribution in [2.75, 3.05) is 6.54 Å². The molecule has 0 aliphatic heterocycles. The molecule has 7 heteroatoms. The van der Waals surface area contributed by atoms with E-state index in [0.29, 0.717) is 18.3 Å². The van der Waals surface area contributed by atoms with Gasteiger partial charge in [0, 0.05) is 29.5 Å². The van der Waals surface area contributed by atoms with Crippen molar-refractivity contribution in [3.63, 3.8) is 0 Å². The Labute approximate surface area is 102 Å². The normalized spacial score (nSPS) is 8.67. The maximum Gasteiger partial charge on any atom is 0.279 e. The van der Waals surface area contributed by atoms with Crippen LogP contribution >= 0.6 is 0 Å². The highest BCUT2D eigenvalue weighted by Gasteiger charge is 2.12. The molecule has 1 rings (SSSR count). The molecule has 0 saturated heterocycles. The second-order valence-corrected chi connectivity index (χ2v) is 3.15. The fourth-order valence-corrected chi connectivity index (χ4v) is 1.21. The maximum absolute atomic E-state index is 10.7. The van der Waals surface area contributed by atoms with Gasteiger partial charge in [-0.15, -0.1) is 0 Å². The van der Waals surface area contributed by atoms with Gasteiger partial charge in [-0.1, -0.05) is 17.0 Å². The fourth-order valence-electron chi connectivity index (χ4n) is 1.21. The minimum absolute atomic E-state index is 0.0122. The third-order valence-corrected chi connectivity index (χ3v) is 1.98. The van der Waals surface area contributed by atoms with E-state index in [9.17, 15) is 14.9 Å². The number of carbonyl (C=O) groups excluding carboxylic acids is 1. The van der Waals surface area contributed by atoms with Crippen molar-refractivity contribution in [2.45, 2.75) is 6.42 Å². The highest BCUT2D eigenvalue weighted by molar-refractivity contribution is 5.82. The average Bonchev–Trinajstić information content (AvgIpc) is 2.38. The van der Waals surface area contributed by atoms with Gasteiger partial charge in [-0.05, 0) is 17.7 Å². The van der Waals surface area contributed by atoms with Crippen molar-refractivity contribution in [1.29, 1.82) is 0 Å². The van der Waals surface area contributed by atoms with Gasteiger partial charge < -0.3 is 0 Å². The molecule has 0 N–H and O–H groups in total. The molecule has 0 saturated carbocycles. The summed E-state index contributed by atoms with van der Waals surface area (Å²) < 4.78 is 0. The summed E-state index contributed by atoms with van der Waals surface area (Å²) in [6.45, 7) is 0.261. The van der Waals surface area contributed by atoms with Crippen molar-refractivity contribution >= 4 is 12.0 Å². The lowest BCUT2D eigenvalue weighted by Crippen LogP contribution is -1.94. The minimum atomic E-state index is -0.622. The monoisotopic (exact) mass is 244 g/mol. The maximum atomic E-state index is 10.7. The molecule has 0 radical (unpaired) electrons. The van der Waals surface area contributed by atoms with Crippen LogP contribution in [-0.4, -0.2) is 17.8 Å². The molecule has 1 aromatic carbocycles. The van der Waals surface area contributed by atoms with Crippen LogP contribution in [0.25, 0.3) is 10.4 Å². The number of benzene rings is 1. The van der Waals surface area contributed by atoms with E-state index in [2.05, 4.69) is 21.9 Å². The summed E-state index contributed by atoms with van der Waals surface area (Å²) in [6, 6.07) is 4.05. The highest BCUT2D eigenvalue weighted by Crippen LogP contribution is 2.17. The van der Waals surface area contributed by atoms with Crippen molar-refractivity contribution < 1.29 is 9.72 Å². The molecule has 0 amide bonds. The van der Waals surface area contributed by atoms with Crippen LogP contribution < -0.4 is 0 Å². The van der Waals surface area contributed by atoms with Crippen LogP contribution in [-0.2, 0) is 0 Å². The van der Waals surface area contributed by atoms with Crippen molar-refractivity contribution in [3.05, 3.63) is 49.9 Å². The van der Waals surface area contributed by atoms with Crippen LogP contribution in [0.15, 0.2) is 23.3 Å². The van der Waals surface area contributed by atoms with E-state index < -0.39 is 4.92 Å². The second kappa shape index (κ2) is 6.68. The first kappa shape index (κ1) is 13.2. The standard InChI is InChI=1S/C11H8N4O3/c12-14-13-6-2-1-3-9-4-5-11(15(17)18)10(7-9)8-16/h4-5,7-8H,2,6H2. The molecule has 0 aliphatic carbocycles. The number of azide groups is 1. The molecule has 0 atom stereocenters. The van der Waals surface area contributed by atoms with Gasteiger partial charge in [0.25, 0.3) is 5.69 Å². The molecule has 0 aliphatic rings. The van der Waals surface area contributed by atoms with E-state index in [1.807, 2.05) is 0 Å². The van der Waals surface area contributed by atoms with E-state index in [0.717, 1.165) is 0 Å². The number of nitrogens with zero attached hydrogens (tertiary/aromatic N) is 4. The van der Waals surface area contributed by atoms with Crippen molar-refractivity contribution in [3.8, 4) is 11.8 Å². The Hall–Kier alpha value is -2.84. The molecule has 0 bridgehead atoms. The van der Waals surface area contributed by atoms with Crippen LogP contribution in [0.5, 0.6) is 0 Å². The number of hydrogen-bond donors (Lipinski definition) is 0. The number of nitro groups is 1. The van der Waals surface area contributed by atoms with Gasteiger partial charge in [-0.3, -0.25) is 14.9 Å². The first-order valence-electron chi connectivity index (χ1n) is 4.92. The third kappa shape index (κ3) is 3.63. The summed E-state index contributed by atoms with van der Waals surface area (Å²) in [5, 5.41) is 13.9. The predicted octanol–water partition coefficient (Wildman–Crippen LogP) is 2.46. The lowest BCUT2D eigenvalue weighted by atomic mass is 10.1. The quantitative estimate of drug-likeness (QED) is 0.118. The van der Waals surface area contributed by atoms with Crippen LogP contribution in [0.4, 0.5) is 5.69 Å². The summed E-state index contributed by atoms with van der Waals surface area (Å²) in [5.74, 6) is 5.47. The van der Waals surface area contributed by atoms with Crippen LogP contribution in [0.1, 0.15) is 22.3 Å². The summed E-state index contributed by atoms with van der Waals surface area (Å²) in [7, 11) is 0. The zero-order valence-electron chi connectivity index (χ0n) is 9.24. The van der Waals surface area contributed by atoms with Crippen molar-refractivity contribution in [1.82, 2.24) is 0 Å². The first-order chi connectivity index (χ1) is 8.69. The molecule has 0 heterocycles. The molecule has 0 unspecified atom stereocenters. The molecular weight excluding hydrogens is 236 g/mol. The Bertz CT molecular complexity index is 580. The van der Waals surface area contributed by atoms with Gasteiger partial charge in [0.2, 0.25) is 0 Å². The van der Waals surface area contributed by atoms with Gasteiger partial charge in [0.15, 0.2) is 6.29 Å². The molecule has 1 aromatic rings. The van der Waals surface area contributed by atoms with E-state index in [1.54, 1.807) is 0 Å². The Morgan fingerprint density at radius 2 is 2.33 bits per heavy atom. The number of carbonyl (C=O) groups is 1. The second-order valence-electron chi connectivity index (χ2n) is 3.15. The average molecular weight is 244 g/mol. The van der Waals surface area contributed by atoms with E-state index in [1.165, 1.54) is 18.2 Å². The summed E-state index contributed by atoms with van der Waals surface area (Å²) in [6.07, 6.45) is 0.806. The molecule has 0 spiro atoms. The molecule has 0 aromatic heterocycles. The van der Waals surface area contributed by atoms with E-state index in [-0.39, 0.29) is 17.8 Å². The molecule has 90 valence electrons. The Kier molecular flexibility index (Phi) is 4.91. The van der Waals surface area contributed by atoms with E-state index in [4.69, 9.17) is 5.53 Å². The van der Waals surface area contributed by atoms with Gasteiger partial charge in [0.1, 0.15) is 0 Å². The highest BCUT2D eigenvalue weighted by atomic mass is 16.6. The largest absolute Gasteiger partial charge is 0.298 e. The van der Waals surface area contributed by atoms with Crippen LogP contribution in [0.3, 0.4) is 0 Å². The molecule has 7 nitrogen and oxygen atoms in total. The molecule has 0 fully saturated rings. The van der Waals surface area contributed by atoms with E-state index >= 15 is 0 Å². The fraction of sp³-hybridized carbons (Fsp3) is 0.182. The summed E-state index contributed by atoms with van der Waals surface area (Å²) >= 11 is 0. The van der Waals surface area contributed by atoms with Crippen molar-refractivity contribution in [2.24, 2.45) is 5.11 Å². The topological polar surface area (TPSA) is 109 Å². The van der Waals surface area contributed by atoms with Crippen LogP contribution in [0.2, 0.25) is 0 Å². The van der Waals surface area contributed by atoms with Gasteiger partial charge in [-0.25, -0.2) is 0 Å². The lowest BCUT2D eigenvalue weighted by molar-refractivity contribution is -0.385. The van der Waals surface area contributed by atoms with Gasteiger partial charge in [-0.2, -0.15) is 0 Å². The third-order valence-electron chi connectivity index (χ3n) is 1.98. The Morgan fingerprint density at radius 1 is 1.56 bits per heavy atom. The number of rotatable bonds is 4. The zero-order valence-corrected chi connectivity index (χ0v) is 9.24. The smallest absolute Gasteiger partial charge is 0.279 e. The predicted molar refractivity (Wildman–Crippen MR) is 64.0 cm³/mol. The SMILES string of the molecule is [N-]=[N+]=NCCC#Cc1ccc([N+](=O)[O-])c(C=O)c1. The lowest BCUT2D eigenvalue weighted by Gasteiger charge is -1.96. The van der Waals surface area contributed by atoms with Gasteiger partial charge >= 0.3 is 0 Å². The number of nitro benzene ring substituents is 1. The molecular formula is C11H8N4O3. The number of hydrogen-bond acceptors (Lipinski definition) is 4. The summed E-state index contributed by atoms with van der Waals surface area (Å²) in [4.78, 5) is 23.2. The zero-order chi connectivity index (χ0) is 13.4. The van der Waals surface area contributed by atoms with Gasteiger partial charge in [0.05, 0.1) is 10.5 Å². The minimum Gasteiger partial charge on any atom is -0.298 e. The Morgan fingerprint density at radius 3 is 2.94 bits per heavy atom. The van der Waals surface area contributed by atoms with Crippen LogP contribution in [0, 0.1) is 22.0 Å².